The molecule has 0 N–H and O–H groups in total. The summed E-state index contributed by atoms with van der Waals surface area (Å²) in [6.07, 6.45) is 1.77. The van der Waals surface area contributed by atoms with Gasteiger partial charge < -0.3 is 0 Å². The Labute approximate surface area is 118 Å². The molecule has 0 saturated carbocycles. The second-order valence-electron chi connectivity index (χ2n) is 4.75. The summed E-state index contributed by atoms with van der Waals surface area (Å²) in [7, 11) is 0. The molecular weight excluding hydrogens is 246 g/mol. The van der Waals surface area contributed by atoms with Crippen LogP contribution in [0.25, 0.3) is 22.8 Å². The lowest BCUT2D eigenvalue weighted by Gasteiger charge is -2.07. The molecule has 0 amide bonds. The van der Waals surface area contributed by atoms with E-state index in [0.717, 1.165) is 28.2 Å². The van der Waals surface area contributed by atoms with E-state index in [4.69, 9.17) is 4.98 Å². The van der Waals surface area contributed by atoms with Crippen molar-refractivity contribution in [1.29, 1.82) is 0 Å². The average molecular weight is 261 g/mol. The summed E-state index contributed by atoms with van der Waals surface area (Å²) in [6.45, 7) is 3.99. The Balaban J connectivity index is 2.12. The van der Waals surface area contributed by atoms with Crippen molar-refractivity contribution in [3.8, 4) is 22.8 Å². The van der Waals surface area contributed by atoms with Crippen LogP contribution >= 0.6 is 0 Å². The molecule has 20 heavy (non-hydrogen) atoms. The number of hydrogen-bond acceptors (Lipinski definition) is 3. The van der Waals surface area contributed by atoms with Gasteiger partial charge in [0, 0.05) is 17.5 Å². The highest BCUT2D eigenvalue weighted by atomic mass is 14.9. The van der Waals surface area contributed by atoms with E-state index < -0.39 is 0 Å². The van der Waals surface area contributed by atoms with Gasteiger partial charge in [0.1, 0.15) is 5.69 Å². The lowest BCUT2D eigenvalue weighted by atomic mass is 10.1. The molecule has 0 unspecified atom stereocenters. The summed E-state index contributed by atoms with van der Waals surface area (Å²) >= 11 is 0. The van der Waals surface area contributed by atoms with Gasteiger partial charge in [-0.3, -0.25) is 0 Å². The fourth-order valence-electron chi connectivity index (χ4n) is 2.09. The quantitative estimate of drug-likeness (QED) is 0.704. The molecule has 0 aliphatic carbocycles. The zero-order valence-electron chi connectivity index (χ0n) is 11.5. The normalized spacial score (nSPS) is 10.5. The Kier molecular flexibility index (Phi) is 3.25. The Morgan fingerprint density at radius 3 is 2.35 bits per heavy atom. The molecule has 1 aromatic carbocycles. The van der Waals surface area contributed by atoms with E-state index in [1.54, 1.807) is 6.20 Å². The zero-order chi connectivity index (χ0) is 13.9. The maximum absolute atomic E-state index is 4.73. The van der Waals surface area contributed by atoms with Crippen molar-refractivity contribution < 1.29 is 0 Å². The van der Waals surface area contributed by atoms with Crippen molar-refractivity contribution in [3.05, 3.63) is 66.0 Å². The zero-order valence-corrected chi connectivity index (χ0v) is 11.5. The molecule has 0 radical (unpaired) electrons. The number of aromatic nitrogens is 3. The monoisotopic (exact) mass is 261 g/mol. The second-order valence-corrected chi connectivity index (χ2v) is 4.75. The van der Waals surface area contributed by atoms with Gasteiger partial charge in [-0.1, -0.05) is 36.4 Å². The number of benzene rings is 1. The number of nitrogens with zero attached hydrogens (tertiary/aromatic N) is 3. The molecular formula is C17H15N3. The Hall–Kier alpha value is -2.55. The van der Waals surface area contributed by atoms with Crippen LogP contribution in [0.5, 0.6) is 0 Å². The predicted molar refractivity (Wildman–Crippen MR) is 80.2 cm³/mol. The number of hydrogen-bond donors (Lipinski definition) is 0. The van der Waals surface area contributed by atoms with Gasteiger partial charge >= 0.3 is 0 Å². The maximum Gasteiger partial charge on any atom is 0.178 e. The van der Waals surface area contributed by atoms with Gasteiger partial charge in [0.05, 0.1) is 5.69 Å². The van der Waals surface area contributed by atoms with Crippen molar-refractivity contribution in [2.75, 3.05) is 0 Å². The van der Waals surface area contributed by atoms with Gasteiger partial charge in [-0.05, 0) is 31.5 Å². The molecule has 0 atom stereocenters. The summed E-state index contributed by atoms with van der Waals surface area (Å²) in [4.78, 5) is 13.5. The van der Waals surface area contributed by atoms with E-state index in [9.17, 15) is 0 Å². The number of pyridine rings is 1. The number of aryl methyl sites for hydroxylation is 2. The highest BCUT2D eigenvalue weighted by molar-refractivity contribution is 5.65. The Bertz CT molecular complexity index is 736. The van der Waals surface area contributed by atoms with Crippen LogP contribution in [0.1, 0.15) is 11.3 Å². The summed E-state index contributed by atoms with van der Waals surface area (Å²) in [5.41, 5.74) is 4.91. The largest absolute Gasteiger partial charge is 0.244 e. The lowest BCUT2D eigenvalue weighted by Crippen LogP contribution is -1.97. The summed E-state index contributed by atoms with van der Waals surface area (Å²) in [5, 5.41) is 0. The molecule has 98 valence electrons. The molecule has 3 heteroatoms. The van der Waals surface area contributed by atoms with Crippen LogP contribution in [0.3, 0.4) is 0 Å². The third-order valence-electron chi connectivity index (χ3n) is 3.17. The molecule has 0 spiro atoms. The highest BCUT2D eigenvalue weighted by Crippen LogP contribution is 2.23. The van der Waals surface area contributed by atoms with Gasteiger partial charge in [0.2, 0.25) is 0 Å². The van der Waals surface area contributed by atoms with E-state index in [2.05, 4.69) is 28.2 Å². The van der Waals surface area contributed by atoms with Gasteiger partial charge in [-0.15, -0.1) is 0 Å². The highest BCUT2D eigenvalue weighted by Gasteiger charge is 2.09. The molecule has 0 saturated heterocycles. The number of rotatable bonds is 2. The first kappa shape index (κ1) is 12.5. The molecule has 3 aromatic rings. The van der Waals surface area contributed by atoms with Crippen molar-refractivity contribution in [2.45, 2.75) is 13.8 Å². The van der Waals surface area contributed by atoms with Crippen molar-refractivity contribution in [1.82, 2.24) is 15.0 Å². The Morgan fingerprint density at radius 1 is 0.800 bits per heavy atom. The minimum Gasteiger partial charge on any atom is -0.244 e. The molecule has 0 bridgehead atoms. The van der Waals surface area contributed by atoms with Crippen LogP contribution in [-0.4, -0.2) is 15.0 Å². The van der Waals surface area contributed by atoms with E-state index in [1.807, 2.05) is 44.2 Å². The molecule has 2 heterocycles. The van der Waals surface area contributed by atoms with Crippen LogP contribution in [0.4, 0.5) is 0 Å². The molecule has 3 nitrogen and oxygen atoms in total. The van der Waals surface area contributed by atoms with E-state index in [-0.39, 0.29) is 0 Å². The van der Waals surface area contributed by atoms with Crippen molar-refractivity contribution in [3.63, 3.8) is 0 Å². The Morgan fingerprint density at radius 2 is 1.60 bits per heavy atom. The van der Waals surface area contributed by atoms with Crippen LogP contribution in [0.15, 0.2) is 54.7 Å². The minimum absolute atomic E-state index is 0.681. The standard InChI is InChI=1S/C17H15N3/c1-12-8-9-15(14-6-4-3-5-7-14)20-16(12)17-18-11-10-13(2)19-17/h3-11H,1-2H3. The average Bonchev–Trinajstić information content (AvgIpc) is 2.48. The lowest BCUT2D eigenvalue weighted by molar-refractivity contribution is 1.08. The second kappa shape index (κ2) is 5.21. The van der Waals surface area contributed by atoms with E-state index in [1.165, 1.54) is 0 Å². The SMILES string of the molecule is Cc1ccnc(-c2nc(-c3ccccc3)ccc2C)n1. The molecule has 0 aliphatic rings. The summed E-state index contributed by atoms with van der Waals surface area (Å²) < 4.78 is 0. The summed E-state index contributed by atoms with van der Waals surface area (Å²) in [6, 6.07) is 16.1. The molecule has 0 aliphatic heterocycles. The van der Waals surface area contributed by atoms with Crippen LogP contribution in [0.2, 0.25) is 0 Å². The smallest absolute Gasteiger partial charge is 0.178 e. The third-order valence-corrected chi connectivity index (χ3v) is 3.17. The molecule has 3 rings (SSSR count). The van der Waals surface area contributed by atoms with Crippen LogP contribution < -0.4 is 0 Å². The van der Waals surface area contributed by atoms with Crippen LogP contribution in [0, 0.1) is 13.8 Å². The third kappa shape index (κ3) is 2.43. The van der Waals surface area contributed by atoms with Crippen molar-refractivity contribution >= 4 is 0 Å². The fourth-order valence-corrected chi connectivity index (χ4v) is 2.09. The first-order valence-corrected chi connectivity index (χ1v) is 6.57. The van der Waals surface area contributed by atoms with Crippen LogP contribution in [-0.2, 0) is 0 Å². The van der Waals surface area contributed by atoms with Gasteiger partial charge in [-0.2, -0.15) is 0 Å². The van der Waals surface area contributed by atoms with Crippen molar-refractivity contribution in [2.24, 2.45) is 0 Å². The minimum atomic E-state index is 0.681. The molecule has 2 aromatic heterocycles. The van der Waals surface area contributed by atoms with E-state index in [0.29, 0.717) is 5.82 Å². The first-order valence-electron chi connectivity index (χ1n) is 6.57. The first-order chi connectivity index (χ1) is 9.74. The maximum atomic E-state index is 4.73. The topological polar surface area (TPSA) is 38.7 Å². The van der Waals surface area contributed by atoms with Gasteiger partial charge in [0.15, 0.2) is 5.82 Å². The predicted octanol–water partition coefficient (Wildman–Crippen LogP) is 3.82. The van der Waals surface area contributed by atoms with Gasteiger partial charge in [0.25, 0.3) is 0 Å². The fraction of sp³-hybridized carbons (Fsp3) is 0.118. The van der Waals surface area contributed by atoms with E-state index >= 15 is 0 Å². The van der Waals surface area contributed by atoms with Gasteiger partial charge in [-0.25, -0.2) is 15.0 Å². The molecule has 0 fully saturated rings. The summed E-state index contributed by atoms with van der Waals surface area (Å²) in [5.74, 6) is 0.681.